The molecule has 0 amide bonds. The van der Waals surface area contributed by atoms with Crippen LogP contribution in [0.25, 0.3) is 0 Å². The van der Waals surface area contributed by atoms with Crippen LogP contribution in [0.15, 0.2) is 34.3 Å². The summed E-state index contributed by atoms with van der Waals surface area (Å²) in [4.78, 5) is 0. The van der Waals surface area contributed by atoms with Crippen molar-refractivity contribution in [2.45, 2.75) is 51.5 Å². The van der Waals surface area contributed by atoms with Crippen LogP contribution in [-0.2, 0) is 0 Å². The Morgan fingerprint density at radius 3 is 2.85 bits per heavy atom. The van der Waals surface area contributed by atoms with Crippen LogP contribution in [-0.4, -0.2) is 6.54 Å². The van der Waals surface area contributed by atoms with E-state index in [4.69, 9.17) is 0 Å². The van der Waals surface area contributed by atoms with E-state index in [9.17, 15) is 0 Å². The van der Waals surface area contributed by atoms with Crippen LogP contribution in [0.3, 0.4) is 0 Å². The first-order chi connectivity index (χ1) is 9.72. The Bertz CT molecular complexity index is 470. The Morgan fingerprint density at radius 2 is 2.05 bits per heavy atom. The normalized spacial score (nSPS) is 20.6. The number of allylic oxidation sites excluding steroid dienone is 1. The van der Waals surface area contributed by atoms with Crippen molar-refractivity contribution in [1.29, 1.82) is 0 Å². The topological polar surface area (TPSA) is 12.0 Å². The zero-order valence-electron chi connectivity index (χ0n) is 12.1. The lowest BCUT2D eigenvalue weighted by atomic mass is 9.91. The van der Waals surface area contributed by atoms with E-state index in [1.165, 1.54) is 52.1 Å². The van der Waals surface area contributed by atoms with Crippen molar-refractivity contribution in [3.63, 3.8) is 0 Å². The maximum absolute atomic E-state index is 3.69. The monoisotopic (exact) mass is 447 g/mol. The van der Waals surface area contributed by atoms with Gasteiger partial charge in [-0.1, -0.05) is 47.3 Å². The molecule has 1 atom stereocenters. The van der Waals surface area contributed by atoms with Crippen molar-refractivity contribution in [3.8, 4) is 0 Å². The first-order valence-electron chi connectivity index (χ1n) is 7.59. The Labute approximate surface area is 144 Å². The molecule has 1 N–H and O–H groups in total. The van der Waals surface area contributed by atoms with E-state index in [0.717, 1.165) is 6.54 Å². The van der Waals surface area contributed by atoms with E-state index in [1.54, 1.807) is 5.57 Å². The van der Waals surface area contributed by atoms with Gasteiger partial charge < -0.3 is 5.32 Å². The van der Waals surface area contributed by atoms with E-state index < -0.39 is 0 Å². The van der Waals surface area contributed by atoms with Crippen molar-refractivity contribution >= 4 is 38.5 Å². The van der Waals surface area contributed by atoms with E-state index >= 15 is 0 Å². The van der Waals surface area contributed by atoms with Gasteiger partial charge in [-0.2, -0.15) is 0 Å². The molecule has 1 aliphatic rings. The molecule has 0 aromatic heterocycles. The molecular weight excluding hydrogens is 425 g/mol. The van der Waals surface area contributed by atoms with Crippen LogP contribution in [0.2, 0.25) is 0 Å². The molecular formula is C17H23BrIN. The minimum Gasteiger partial charge on any atom is -0.307 e. The van der Waals surface area contributed by atoms with Gasteiger partial charge in [0.2, 0.25) is 0 Å². The molecule has 2 rings (SSSR count). The maximum Gasteiger partial charge on any atom is 0.0546 e. The highest BCUT2D eigenvalue weighted by Crippen LogP contribution is 2.32. The van der Waals surface area contributed by atoms with Gasteiger partial charge in [-0.25, -0.2) is 0 Å². The van der Waals surface area contributed by atoms with Crippen LogP contribution in [0.1, 0.15) is 57.1 Å². The van der Waals surface area contributed by atoms with Gasteiger partial charge in [0.15, 0.2) is 0 Å². The molecule has 0 aliphatic heterocycles. The van der Waals surface area contributed by atoms with Gasteiger partial charge in [0.25, 0.3) is 0 Å². The summed E-state index contributed by atoms with van der Waals surface area (Å²) in [6, 6.07) is 6.98. The van der Waals surface area contributed by atoms with Gasteiger partial charge in [0.05, 0.1) is 6.04 Å². The second kappa shape index (κ2) is 8.54. The van der Waals surface area contributed by atoms with Gasteiger partial charge in [-0.05, 0) is 78.6 Å². The van der Waals surface area contributed by atoms with Crippen LogP contribution >= 0.6 is 38.5 Å². The van der Waals surface area contributed by atoms with E-state index in [2.05, 4.69) is 75.0 Å². The van der Waals surface area contributed by atoms with Crippen molar-refractivity contribution in [1.82, 2.24) is 5.32 Å². The number of benzene rings is 1. The molecule has 0 fully saturated rings. The molecule has 0 saturated carbocycles. The lowest BCUT2D eigenvalue weighted by molar-refractivity contribution is 0.552. The molecule has 1 aromatic rings. The van der Waals surface area contributed by atoms with Gasteiger partial charge >= 0.3 is 0 Å². The molecule has 3 heteroatoms. The van der Waals surface area contributed by atoms with Crippen molar-refractivity contribution in [2.75, 3.05) is 6.54 Å². The first kappa shape index (κ1) is 16.5. The third kappa shape index (κ3) is 4.57. The number of halogens is 2. The Kier molecular flexibility index (Phi) is 7.05. The average molecular weight is 448 g/mol. The molecule has 110 valence electrons. The first-order valence-corrected chi connectivity index (χ1v) is 9.46. The second-order valence-corrected chi connectivity index (χ2v) is 7.47. The standard InChI is InChI=1S/C17H23BrIN/c1-2-20-17(13-8-6-4-3-5-7-9-13)15-12-14(18)10-11-16(15)19/h8,10-12,17,20H,2-7,9H2,1H3/b13-8+. The predicted octanol–water partition coefficient (Wildman–Crippen LogP) is 5.98. The average Bonchev–Trinajstić information content (AvgIpc) is 2.40. The quantitative estimate of drug-likeness (QED) is 0.441. The van der Waals surface area contributed by atoms with E-state index in [-0.39, 0.29) is 0 Å². The van der Waals surface area contributed by atoms with Crippen LogP contribution in [0.5, 0.6) is 0 Å². The zero-order valence-corrected chi connectivity index (χ0v) is 15.8. The SMILES string of the molecule is CCNC(/C1=C/CCCCCC1)c1cc(Br)ccc1I. The van der Waals surface area contributed by atoms with Crippen molar-refractivity contribution in [3.05, 3.63) is 43.5 Å². The summed E-state index contributed by atoms with van der Waals surface area (Å²) < 4.78 is 2.52. The highest BCUT2D eigenvalue weighted by atomic mass is 127. The highest BCUT2D eigenvalue weighted by Gasteiger charge is 2.18. The molecule has 1 aliphatic carbocycles. The summed E-state index contributed by atoms with van der Waals surface area (Å²) in [6.45, 7) is 3.20. The smallest absolute Gasteiger partial charge is 0.0546 e. The molecule has 0 spiro atoms. The third-order valence-corrected chi connectivity index (χ3v) is 5.35. The summed E-state index contributed by atoms with van der Waals surface area (Å²) in [6.07, 6.45) is 10.4. The van der Waals surface area contributed by atoms with Crippen LogP contribution < -0.4 is 5.32 Å². The fourth-order valence-corrected chi connectivity index (χ4v) is 3.89. The van der Waals surface area contributed by atoms with Crippen molar-refractivity contribution in [2.24, 2.45) is 0 Å². The maximum atomic E-state index is 3.69. The molecule has 1 unspecified atom stereocenters. The molecule has 0 bridgehead atoms. The van der Waals surface area contributed by atoms with Crippen LogP contribution in [0.4, 0.5) is 0 Å². The van der Waals surface area contributed by atoms with Gasteiger partial charge in [0.1, 0.15) is 0 Å². The third-order valence-electron chi connectivity index (χ3n) is 3.87. The lowest BCUT2D eigenvalue weighted by Gasteiger charge is -2.25. The number of nitrogens with one attached hydrogen (secondary N) is 1. The fourth-order valence-electron chi connectivity index (χ4n) is 2.86. The summed E-state index contributed by atoms with van der Waals surface area (Å²) in [5.41, 5.74) is 3.00. The number of rotatable bonds is 4. The lowest BCUT2D eigenvalue weighted by Crippen LogP contribution is -2.24. The summed E-state index contributed by atoms with van der Waals surface area (Å²) in [5, 5.41) is 3.69. The van der Waals surface area contributed by atoms with Crippen molar-refractivity contribution < 1.29 is 0 Å². The number of hydrogen-bond donors (Lipinski definition) is 1. The molecule has 1 nitrogen and oxygen atoms in total. The second-order valence-electron chi connectivity index (χ2n) is 5.39. The van der Waals surface area contributed by atoms with E-state index in [0.29, 0.717) is 6.04 Å². The summed E-state index contributed by atoms with van der Waals surface area (Å²) in [7, 11) is 0. The zero-order chi connectivity index (χ0) is 14.4. The van der Waals surface area contributed by atoms with E-state index in [1.807, 2.05) is 0 Å². The molecule has 1 aromatic carbocycles. The van der Waals surface area contributed by atoms with Gasteiger partial charge in [-0.15, -0.1) is 0 Å². The highest BCUT2D eigenvalue weighted by molar-refractivity contribution is 14.1. The van der Waals surface area contributed by atoms with Gasteiger partial charge in [-0.3, -0.25) is 0 Å². The fraction of sp³-hybridized carbons (Fsp3) is 0.529. The number of hydrogen-bond acceptors (Lipinski definition) is 1. The Morgan fingerprint density at radius 1 is 1.25 bits per heavy atom. The van der Waals surface area contributed by atoms with Crippen LogP contribution in [0, 0.1) is 3.57 Å². The summed E-state index contributed by atoms with van der Waals surface area (Å²) in [5.74, 6) is 0. The number of likely N-dealkylation sites (N-methyl/N-ethyl adjacent to an activating group) is 1. The molecule has 0 radical (unpaired) electrons. The minimum atomic E-state index is 0.377. The summed E-state index contributed by atoms with van der Waals surface area (Å²) >= 11 is 6.07. The van der Waals surface area contributed by atoms with Gasteiger partial charge in [0, 0.05) is 8.04 Å². The molecule has 0 saturated heterocycles. The predicted molar refractivity (Wildman–Crippen MR) is 99.1 cm³/mol. The Hall–Kier alpha value is 0.130. The molecule has 20 heavy (non-hydrogen) atoms. The Balaban J connectivity index is 2.31. The minimum absolute atomic E-state index is 0.377. The largest absolute Gasteiger partial charge is 0.307 e. The molecule has 0 heterocycles.